The van der Waals surface area contributed by atoms with Gasteiger partial charge in [0.1, 0.15) is 0 Å². The third kappa shape index (κ3) is 5.23. The first-order valence-corrected chi connectivity index (χ1v) is 13.2. The van der Waals surface area contributed by atoms with E-state index in [9.17, 15) is 8.42 Å². The molecule has 0 unspecified atom stereocenters. The fourth-order valence-electron chi connectivity index (χ4n) is 3.95. The van der Waals surface area contributed by atoms with Crippen molar-refractivity contribution in [3.8, 4) is 16.9 Å². The molecule has 0 radical (unpaired) electrons. The lowest BCUT2D eigenvalue weighted by Crippen LogP contribution is -2.30. The Morgan fingerprint density at radius 2 is 1.28 bits per heavy atom. The Kier molecular flexibility index (Phi) is 6.95. The summed E-state index contributed by atoms with van der Waals surface area (Å²) in [5.74, 6) is 0. The Balaban J connectivity index is 1.45. The summed E-state index contributed by atoms with van der Waals surface area (Å²) >= 11 is 6.02. The van der Waals surface area contributed by atoms with Gasteiger partial charge in [0.15, 0.2) is 0 Å². The third-order valence-corrected chi connectivity index (χ3v) is 7.87. The van der Waals surface area contributed by atoms with Crippen LogP contribution in [-0.4, -0.2) is 27.7 Å². The maximum Gasteiger partial charge on any atom is 0.243 e. The largest absolute Gasteiger partial charge is 0.243 e. The van der Waals surface area contributed by atoms with Gasteiger partial charge in [-0.05, 0) is 47.5 Å². The van der Waals surface area contributed by atoms with Crippen LogP contribution >= 0.6 is 11.6 Å². The van der Waals surface area contributed by atoms with Crippen molar-refractivity contribution in [2.75, 3.05) is 0 Å². The molecule has 0 saturated heterocycles. The molecule has 1 heterocycles. The molecule has 0 bridgehead atoms. The van der Waals surface area contributed by atoms with Gasteiger partial charge in [-0.3, -0.25) is 0 Å². The molecule has 0 N–H and O–H groups in total. The molecule has 4 aromatic carbocycles. The second kappa shape index (κ2) is 10.5. The highest BCUT2D eigenvalue weighted by molar-refractivity contribution is 7.89. The number of benzene rings is 4. The van der Waals surface area contributed by atoms with Crippen molar-refractivity contribution in [1.82, 2.24) is 19.3 Å². The van der Waals surface area contributed by atoms with E-state index < -0.39 is 10.0 Å². The van der Waals surface area contributed by atoms with E-state index >= 15 is 0 Å². The summed E-state index contributed by atoms with van der Waals surface area (Å²) in [6, 6.07) is 33.3. The van der Waals surface area contributed by atoms with E-state index in [2.05, 4.69) is 10.3 Å². The summed E-state index contributed by atoms with van der Waals surface area (Å²) in [7, 11) is -3.78. The van der Waals surface area contributed by atoms with E-state index in [4.69, 9.17) is 11.6 Å². The normalized spacial score (nSPS) is 11.6. The predicted molar refractivity (Wildman–Crippen MR) is 141 cm³/mol. The van der Waals surface area contributed by atoms with Crippen LogP contribution in [-0.2, 0) is 23.1 Å². The zero-order valence-electron chi connectivity index (χ0n) is 19.3. The number of nitrogens with zero attached hydrogens (tertiary/aromatic N) is 4. The van der Waals surface area contributed by atoms with Crippen molar-refractivity contribution >= 4 is 21.6 Å². The summed E-state index contributed by atoms with van der Waals surface area (Å²) in [6.45, 7) is 0.535. The molecule has 0 aliphatic carbocycles. The van der Waals surface area contributed by atoms with Crippen LogP contribution in [0.3, 0.4) is 0 Å². The summed E-state index contributed by atoms with van der Waals surface area (Å²) in [5, 5.41) is 8.88. The lowest BCUT2D eigenvalue weighted by Gasteiger charge is -2.23. The second-order valence-corrected chi connectivity index (χ2v) is 10.7. The Labute approximate surface area is 215 Å². The van der Waals surface area contributed by atoms with E-state index in [1.807, 2.05) is 72.8 Å². The molecule has 0 fully saturated rings. The van der Waals surface area contributed by atoms with Crippen LogP contribution in [0.25, 0.3) is 16.9 Å². The van der Waals surface area contributed by atoms with Gasteiger partial charge in [0.05, 0.1) is 22.5 Å². The monoisotopic (exact) mass is 514 g/mol. The molecule has 0 amide bonds. The average Bonchev–Trinajstić information content (AvgIpc) is 3.40. The van der Waals surface area contributed by atoms with Crippen LogP contribution < -0.4 is 0 Å². The van der Waals surface area contributed by atoms with Crippen molar-refractivity contribution in [3.63, 3.8) is 0 Å². The van der Waals surface area contributed by atoms with Gasteiger partial charge in [0, 0.05) is 23.7 Å². The number of sulfonamides is 1. The predicted octanol–water partition coefficient (Wildman–Crippen LogP) is 5.98. The van der Waals surface area contributed by atoms with Crippen LogP contribution in [0.5, 0.6) is 0 Å². The standard InChI is InChI=1S/C28H23ClN4O2S/c29-25-13-11-24(12-14-25)28-19-30-31-33(28)26-15-17-27(18-16-26)36(34,35)32(20-22-7-3-1-4-8-22)21-23-9-5-2-6-10-23/h1-19H,20-21H2. The highest BCUT2D eigenvalue weighted by Gasteiger charge is 2.25. The van der Waals surface area contributed by atoms with Gasteiger partial charge < -0.3 is 0 Å². The second-order valence-electron chi connectivity index (χ2n) is 8.28. The van der Waals surface area contributed by atoms with Gasteiger partial charge in [-0.1, -0.05) is 89.6 Å². The number of rotatable bonds is 8. The Bertz CT molecular complexity index is 1500. The van der Waals surface area contributed by atoms with Gasteiger partial charge in [0.2, 0.25) is 10.0 Å². The van der Waals surface area contributed by atoms with Gasteiger partial charge in [-0.2, -0.15) is 4.31 Å². The molecular formula is C28H23ClN4O2S. The maximum atomic E-state index is 13.7. The molecule has 0 saturated carbocycles. The van der Waals surface area contributed by atoms with Crippen molar-refractivity contribution < 1.29 is 8.42 Å². The van der Waals surface area contributed by atoms with Crippen LogP contribution in [0.2, 0.25) is 5.02 Å². The maximum absolute atomic E-state index is 13.7. The van der Waals surface area contributed by atoms with Gasteiger partial charge in [0.25, 0.3) is 0 Å². The molecule has 0 aliphatic heterocycles. The number of halogens is 1. The summed E-state index contributed by atoms with van der Waals surface area (Å²) in [5.41, 5.74) is 4.22. The van der Waals surface area contributed by atoms with Crippen LogP contribution in [0.4, 0.5) is 0 Å². The van der Waals surface area contributed by atoms with E-state index in [-0.39, 0.29) is 18.0 Å². The molecule has 0 aliphatic rings. The number of aromatic nitrogens is 3. The van der Waals surface area contributed by atoms with Gasteiger partial charge >= 0.3 is 0 Å². The van der Waals surface area contributed by atoms with Crippen molar-refractivity contribution in [3.05, 3.63) is 132 Å². The van der Waals surface area contributed by atoms with E-state index in [1.165, 1.54) is 4.31 Å². The highest BCUT2D eigenvalue weighted by atomic mass is 35.5. The quantitative estimate of drug-likeness (QED) is 0.255. The van der Waals surface area contributed by atoms with E-state index in [0.717, 1.165) is 22.4 Å². The van der Waals surface area contributed by atoms with Crippen molar-refractivity contribution in [2.24, 2.45) is 0 Å². The molecule has 36 heavy (non-hydrogen) atoms. The Morgan fingerprint density at radius 3 is 1.83 bits per heavy atom. The number of hydrogen-bond donors (Lipinski definition) is 0. The smallest absolute Gasteiger partial charge is 0.213 e. The topological polar surface area (TPSA) is 68.1 Å². The Hall–Kier alpha value is -3.78. The van der Waals surface area contributed by atoms with Crippen LogP contribution in [0.15, 0.2) is 120 Å². The highest BCUT2D eigenvalue weighted by Crippen LogP contribution is 2.26. The lowest BCUT2D eigenvalue weighted by molar-refractivity contribution is 0.401. The average molecular weight is 515 g/mol. The fourth-order valence-corrected chi connectivity index (χ4v) is 5.49. The van der Waals surface area contributed by atoms with Crippen molar-refractivity contribution in [1.29, 1.82) is 0 Å². The molecule has 180 valence electrons. The minimum atomic E-state index is -3.78. The first kappa shape index (κ1) is 23.9. The van der Waals surface area contributed by atoms with Crippen LogP contribution in [0, 0.1) is 0 Å². The zero-order chi connectivity index (χ0) is 25.0. The van der Waals surface area contributed by atoms with Gasteiger partial charge in [-0.15, -0.1) is 5.10 Å². The molecule has 8 heteroatoms. The van der Waals surface area contributed by atoms with Crippen molar-refractivity contribution in [2.45, 2.75) is 18.0 Å². The fraction of sp³-hybridized carbons (Fsp3) is 0.0714. The van der Waals surface area contributed by atoms with Crippen LogP contribution in [0.1, 0.15) is 11.1 Å². The minimum absolute atomic E-state index is 0.214. The first-order valence-electron chi connectivity index (χ1n) is 11.4. The van der Waals surface area contributed by atoms with E-state index in [1.54, 1.807) is 47.3 Å². The number of hydrogen-bond acceptors (Lipinski definition) is 4. The third-order valence-electron chi connectivity index (χ3n) is 5.81. The molecule has 5 aromatic rings. The summed E-state index contributed by atoms with van der Waals surface area (Å²) in [6.07, 6.45) is 1.66. The zero-order valence-corrected chi connectivity index (χ0v) is 20.8. The molecule has 6 nitrogen and oxygen atoms in total. The first-order chi connectivity index (χ1) is 17.5. The summed E-state index contributed by atoms with van der Waals surface area (Å²) in [4.78, 5) is 0.214. The molecule has 0 atom stereocenters. The molecular weight excluding hydrogens is 492 g/mol. The molecule has 5 rings (SSSR count). The minimum Gasteiger partial charge on any atom is -0.213 e. The molecule has 0 spiro atoms. The SMILES string of the molecule is O=S(=O)(c1ccc(-n2nncc2-c2ccc(Cl)cc2)cc1)N(Cc1ccccc1)Cc1ccccc1. The van der Waals surface area contributed by atoms with Gasteiger partial charge in [-0.25, -0.2) is 13.1 Å². The lowest BCUT2D eigenvalue weighted by atomic mass is 10.1. The Morgan fingerprint density at radius 1 is 0.722 bits per heavy atom. The molecule has 1 aromatic heterocycles. The summed E-state index contributed by atoms with van der Waals surface area (Å²) < 4.78 is 30.6. The van der Waals surface area contributed by atoms with E-state index in [0.29, 0.717) is 10.7 Å².